The van der Waals surface area contributed by atoms with Gasteiger partial charge in [0, 0.05) is 23.9 Å². The van der Waals surface area contributed by atoms with E-state index in [1.54, 1.807) is 0 Å². The van der Waals surface area contributed by atoms with Crippen molar-refractivity contribution in [2.75, 3.05) is 0 Å². The van der Waals surface area contributed by atoms with Crippen LogP contribution in [-0.4, -0.2) is 23.9 Å². The Morgan fingerprint density at radius 1 is 0.615 bits per heavy atom. The van der Waals surface area contributed by atoms with E-state index in [0.717, 1.165) is 51.4 Å². The minimum atomic E-state index is 0.226. The van der Waals surface area contributed by atoms with Crippen LogP contribution in [0.1, 0.15) is 90.9 Å². The molecule has 0 aromatic carbocycles. The molecule has 3 fully saturated rings. The Morgan fingerprint density at radius 3 is 1.35 bits per heavy atom. The number of rotatable bonds is 4. The number of amides is 2. The van der Waals surface area contributed by atoms with Crippen molar-refractivity contribution < 1.29 is 9.59 Å². The molecular formula is C22H38N2O2. The Bertz CT molecular complexity index is 441. The maximum atomic E-state index is 12.5. The molecular weight excluding hydrogens is 324 g/mol. The highest BCUT2D eigenvalue weighted by atomic mass is 16.2. The molecule has 0 saturated heterocycles. The van der Waals surface area contributed by atoms with Crippen LogP contribution in [0.3, 0.4) is 0 Å². The third-order valence-electron chi connectivity index (χ3n) is 7.03. The minimum absolute atomic E-state index is 0.226. The topological polar surface area (TPSA) is 58.2 Å². The van der Waals surface area contributed by atoms with Crippen molar-refractivity contribution in [2.45, 2.75) is 103 Å². The lowest BCUT2D eigenvalue weighted by atomic mass is 9.81. The standard InChI is InChI=1S/C22H38N2O2/c1-15-5-3-7-17(13-15)21(25)23-19-9-11-20(12-10-19)24-22(26)18-8-4-6-16(2)14-18/h15-20H,3-14H2,1-2H3,(H,23,25)(H,24,26). The van der Waals surface area contributed by atoms with Gasteiger partial charge >= 0.3 is 0 Å². The van der Waals surface area contributed by atoms with Crippen LogP contribution in [0, 0.1) is 23.7 Å². The molecule has 0 bridgehead atoms. The van der Waals surface area contributed by atoms with Crippen LogP contribution in [0.4, 0.5) is 0 Å². The van der Waals surface area contributed by atoms with Crippen molar-refractivity contribution >= 4 is 11.8 Å². The second kappa shape index (κ2) is 9.23. The quantitative estimate of drug-likeness (QED) is 0.788. The maximum Gasteiger partial charge on any atom is 0.223 e. The zero-order valence-electron chi connectivity index (χ0n) is 16.8. The Hall–Kier alpha value is -1.06. The Labute approximate surface area is 159 Å². The first-order valence-corrected chi connectivity index (χ1v) is 11.1. The van der Waals surface area contributed by atoms with Gasteiger partial charge in [-0.2, -0.15) is 0 Å². The molecule has 148 valence electrons. The van der Waals surface area contributed by atoms with E-state index in [1.807, 2.05) is 0 Å². The van der Waals surface area contributed by atoms with Crippen LogP contribution in [-0.2, 0) is 9.59 Å². The van der Waals surface area contributed by atoms with E-state index in [1.165, 1.54) is 25.7 Å². The molecule has 26 heavy (non-hydrogen) atoms. The van der Waals surface area contributed by atoms with E-state index in [9.17, 15) is 9.59 Å². The molecule has 2 N–H and O–H groups in total. The zero-order chi connectivity index (χ0) is 18.5. The first kappa shape index (κ1) is 19.7. The summed E-state index contributed by atoms with van der Waals surface area (Å²) in [4.78, 5) is 25.1. The predicted octanol–water partition coefficient (Wildman–Crippen LogP) is 4.18. The van der Waals surface area contributed by atoms with Crippen molar-refractivity contribution in [1.29, 1.82) is 0 Å². The van der Waals surface area contributed by atoms with Gasteiger partial charge in [0.25, 0.3) is 0 Å². The van der Waals surface area contributed by atoms with Crippen molar-refractivity contribution in [3.05, 3.63) is 0 Å². The molecule has 0 radical (unpaired) electrons. The molecule has 4 atom stereocenters. The summed E-state index contributed by atoms with van der Waals surface area (Å²) in [5, 5.41) is 6.60. The number of carbonyl (C=O) groups is 2. The second-order valence-electron chi connectivity index (χ2n) is 9.50. The predicted molar refractivity (Wildman–Crippen MR) is 105 cm³/mol. The number of carbonyl (C=O) groups excluding carboxylic acids is 2. The average molecular weight is 363 g/mol. The van der Waals surface area contributed by atoms with Crippen molar-refractivity contribution in [3.63, 3.8) is 0 Å². The van der Waals surface area contributed by atoms with E-state index in [0.29, 0.717) is 23.9 Å². The van der Waals surface area contributed by atoms with E-state index in [2.05, 4.69) is 24.5 Å². The molecule has 0 aliphatic heterocycles. The highest BCUT2D eigenvalue weighted by Gasteiger charge is 2.30. The molecule has 0 aromatic heterocycles. The third kappa shape index (κ3) is 5.47. The largest absolute Gasteiger partial charge is 0.353 e. The van der Waals surface area contributed by atoms with Gasteiger partial charge in [-0.25, -0.2) is 0 Å². The van der Waals surface area contributed by atoms with E-state index in [4.69, 9.17) is 0 Å². The summed E-state index contributed by atoms with van der Waals surface area (Å²) in [5.74, 6) is 2.38. The zero-order valence-corrected chi connectivity index (χ0v) is 16.8. The normalized spacial score (nSPS) is 38.4. The molecule has 4 unspecified atom stereocenters. The lowest BCUT2D eigenvalue weighted by molar-refractivity contribution is -0.129. The number of hydrogen-bond donors (Lipinski definition) is 2. The molecule has 4 heteroatoms. The summed E-state index contributed by atoms with van der Waals surface area (Å²) >= 11 is 0. The molecule has 3 aliphatic rings. The minimum Gasteiger partial charge on any atom is -0.353 e. The molecule has 3 aliphatic carbocycles. The van der Waals surface area contributed by atoms with Crippen LogP contribution in [0.5, 0.6) is 0 Å². The smallest absolute Gasteiger partial charge is 0.223 e. The van der Waals surface area contributed by atoms with Crippen LogP contribution < -0.4 is 10.6 Å². The van der Waals surface area contributed by atoms with Gasteiger partial charge in [-0.05, 0) is 63.2 Å². The van der Waals surface area contributed by atoms with Gasteiger partial charge in [0.1, 0.15) is 0 Å². The van der Waals surface area contributed by atoms with Gasteiger partial charge in [-0.3, -0.25) is 9.59 Å². The lowest BCUT2D eigenvalue weighted by Crippen LogP contribution is -2.47. The van der Waals surface area contributed by atoms with Crippen molar-refractivity contribution in [2.24, 2.45) is 23.7 Å². The van der Waals surface area contributed by atoms with Crippen molar-refractivity contribution in [1.82, 2.24) is 10.6 Å². The van der Waals surface area contributed by atoms with Gasteiger partial charge < -0.3 is 10.6 Å². The Morgan fingerprint density at radius 2 is 1.00 bits per heavy atom. The Balaban J connectivity index is 1.37. The second-order valence-corrected chi connectivity index (χ2v) is 9.50. The Kier molecular flexibility index (Phi) is 6.99. The van der Waals surface area contributed by atoms with Gasteiger partial charge in [0.05, 0.1) is 0 Å². The van der Waals surface area contributed by atoms with Gasteiger partial charge in [-0.1, -0.05) is 39.5 Å². The number of nitrogens with one attached hydrogen (secondary N) is 2. The maximum absolute atomic E-state index is 12.5. The first-order chi connectivity index (χ1) is 12.5. The van der Waals surface area contributed by atoms with Crippen LogP contribution in [0.2, 0.25) is 0 Å². The SMILES string of the molecule is CC1CCCC(C(=O)NC2CCC(NC(=O)C3CCCC(C)C3)CC2)C1. The summed E-state index contributed by atoms with van der Waals surface area (Å²) in [6, 6.07) is 0.616. The summed E-state index contributed by atoms with van der Waals surface area (Å²) in [7, 11) is 0. The third-order valence-corrected chi connectivity index (χ3v) is 7.03. The molecule has 4 nitrogen and oxygen atoms in total. The lowest BCUT2D eigenvalue weighted by Gasteiger charge is -2.33. The summed E-state index contributed by atoms with van der Waals surface area (Å²) in [6.45, 7) is 4.53. The van der Waals surface area contributed by atoms with E-state index in [-0.39, 0.29) is 23.7 Å². The summed E-state index contributed by atoms with van der Waals surface area (Å²) < 4.78 is 0. The van der Waals surface area contributed by atoms with Gasteiger partial charge in [0.2, 0.25) is 11.8 Å². The monoisotopic (exact) mass is 362 g/mol. The van der Waals surface area contributed by atoms with Gasteiger partial charge in [0.15, 0.2) is 0 Å². The highest BCUT2D eigenvalue weighted by Crippen LogP contribution is 2.30. The first-order valence-electron chi connectivity index (χ1n) is 11.1. The fraction of sp³-hybridized carbons (Fsp3) is 0.909. The average Bonchev–Trinajstić information content (AvgIpc) is 2.63. The van der Waals surface area contributed by atoms with Crippen LogP contribution in [0.15, 0.2) is 0 Å². The fourth-order valence-electron chi connectivity index (χ4n) is 5.36. The molecule has 3 rings (SSSR count). The van der Waals surface area contributed by atoms with E-state index < -0.39 is 0 Å². The number of hydrogen-bond acceptors (Lipinski definition) is 2. The van der Waals surface area contributed by atoms with Crippen LogP contribution >= 0.6 is 0 Å². The molecule has 0 spiro atoms. The molecule has 0 aromatic rings. The summed E-state index contributed by atoms with van der Waals surface area (Å²) in [5.41, 5.74) is 0. The van der Waals surface area contributed by atoms with Crippen LogP contribution in [0.25, 0.3) is 0 Å². The summed E-state index contributed by atoms with van der Waals surface area (Å²) in [6.07, 6.45) is 13.1. The molecule has 0 heterocycles. The fourth-order valence-corrected chi connectivity index (χ4v) is 5.36. The molecule has 3 saturated carbocycles. The van der Waals surface area contributed by atoms with E-state index >= 15 is 0 Å². The molecule has 2 amide bonds. The van der Waals surface area contributed by atoms with Crippen molar-refractivity contribution in [3.8, 4) is 0 Å². The van der Waals surface area contributed by atoms with Gasteiger partial charge in [-0.15, -0.1) is 0 Å². The highest BCUT2D eigenvalue weighted by molar-refractivity contribution is 5.79.